The summed E-state index contributed by atoms with van der Waals surface area (Å²) in [5.41, 5.74) is 1.62. The third-order valence-corrected chi connectivity index (χ3v) is 8.94. The van der Waals surface area contributed by atoms with Gasteiger partial charge in [-0.15, -0.1) is 21.5 Å². The lowest BCUT2D eigenvalue weighted by Crippen LogP contribution is -2.37. The van der Waals surface area contributed by atoms with Crippen LogP contribution in [0.2, 0.25) is 0 Å². The molecule has 0 bridgehead atoms. The maximum atomic E-state index is 13.2. The molecule has 9 heteroatoms. The highest BCUT2D eigenvalue weighted by Crippen LogP contribution is 2.44. The SMILES string of the molecule is CCCCc1ccc(NC(=O)CSc2nnc(NC(=O)C3(c4cccs4)CCCC3)s2)cc1. The molecule has 0 saturated heterocycles. The van der Waals surface area contributed by atoms with E-state index in [1.807, 2.05) is 29.6 Å². The molecule has 2 amide bonds. The van der Waals surface area contributed by atoms with E-state index in [-0.39, 0.29) is 17.6 Å². The first-order valence-electron chi connectivity index (χ1n) is 11.3. The minimum absolute atomic E-state index is 0.00437. The highest BCUT2D eigenvalue weighted by atomic mass is 32.2. The fourth-order valence-electron chi connectivity index (χ4n) is 4.11. The van der Waals surface area contributed by atoms with Crippen molar-refractivity contribution in [3.8, 4) is 0 Å². The van der Waals surface area contributed by atoms with Crippen LogP contribution in [0.1, 0.15) is 55.9 Å². The summed E-state index contributed by atoms with van der Waals surface area (Å²) in [4.78, 5) is 26.6. The molecule has 0 radical (unpaired) electrons. The van der Waals surface area contributed by atoms with Crippen LogP contribution in [0.3, 0.4) is 0 Å². The molecule has 0 spiro atoms. The number of thioether (sulfide) groups is 1. The number of thiophene rings is 1. The van der Waals surface area contributed by atoms with Crippen molar-refractivity contribution in [3.63, 3.8) is 0 Å². The highest BCUT2D eigenvalue weighted by Gasteiger charge is 2.43. The summed E-state index contributed by atoms with van der Waals surface area (Å²) in [5.74, 6) is 0.138. The van der Waals surface area contributed by atoms with Gasteiger partial charge in [-0.05, 0) is 54.8 Å². The van der Waals surface area contributed by atoms with Gasteiger partial charge in [-0.3, -0.25) is 14.9 Å². The van der Waals surface area contributed by atoms with Crippen molar-refractivity contribution in [2.75, 3.05) is 16.4 Å². The molecule has 0 atom stereocenters. The quantitative estimate of drug-likeness (QED) is 0.259. The van der Waals surface area contributed by atoms with Gasteiger partial charge in [0.2, 0.25) is 16.9 Å². The van der Waals surface area contributed by atoms with Crippen molar-refractivity contribution in [3.05, 3.63) is 52.2 Å². The van der Waals surface area contributed by atoms with E-state index in [0.29, 0.717) is 9.47 Å². The molecule has 3 aromatic rings. The molecule has 2 N–H and O–H groups in total. The Morgan fingerprint density at radius 3 is 2.58 bits per heavy atom. The predicted octanol–water partition coefficient (Wildman–Crippen LogP) is 6.12. The second kappa shape index (κ2) is 11.3. The molecular weight excluding hydrogens is 472 g/mol. The Morgan fingerprint density at radius 1 is 1.09 bits per heavy atom. The first kappa shape index (κ1) is 23.9. The maximum Gasteiger partial charge on any atom is 0.237 e. The minimum Gasteiger partial charge on any atom is -0.325 e. The van der Waals surface area contributed by atoms with Crippen LogP contribution in [0.15, 0.2) is 46.1 Å². The monoisotopic (exact) mass is 500 g/mol. The number of anilines is 2. The molecule has 4 rings (SSSR count). The van der Waals surface area contributed by atoms with Crippen molar-refractivity contribution < 1.29 is 9.59 Å². The Balaban J connectivity index is 1.28. The van der Waals surface area contributed by atoms with Gasteiger partial charge in [0, 0.05) is 10.6 Å². The Bertz CT molecular complexity index is 1060. The van der Waals surface area contributed by atoms with Gasteiger partial charge in [0.15, 0.2) is 4.34 Å². The van der Waals surface area contributed by atoms with Crippen LogP contribution in [0.4, 0.5) is 10.8 Å². The van der Waals surface area contributed by atoms with Gasteiger partial charge >= 0.3 is 0 Å². The van der Waals surface area contributed by atoms with E-state index in [9.17, 15) is 9.59 Å². The number of aryl methyl sites for hydroxylation is 1. The molecule has 1 fully saturated rings. The number of nitrogens with one attached hydrogen (secondary N) is 2. The second-order valence-corrected chi connectivity index (χ2v) is 11.4. The third kappa shape index (κ3) is 6.02. The van der Waals surface area contributed by atoms with Gasteiger partial charge in [0.05, 0.1) is 11.2 Å². The average molecular weight is 501 g/mol. The lowest BCUT2D eigenvalue weighted by molar-refractivity contribution is -0.121. The summed E-state index contributed by atoms with van der Waals surface area (Å²) in [6.45, 7) is 2.18. The van der Waals surface area contributed by atoms with E-state index in [1.54, 1.807) is 11.3 Å². The summed E-state index contributed by atoms with van der Waals surface area (Å²) in [6, 6.07) is 12.1. The largest absolute Gasteiger partial charge is 0.325 e. The number of rotatable bonds is 10. The standard InChI is InChI=1S/C24H28N4O2S3/c1-2-3-7-17-9-11-18(12-10-17)25-20(29)16-32-23-28-27-22(33-23)26-21(30)24(13-4-5-14-24)19-8-6-15-31-19/h6,8-12,15H,2-5,7,13-14,16H2,1H3,(H,25,29)(H,26,27,30). The minimum atomic E-state index is -0.459. The Hall–Kier alpha value is -2.23. The lowest BCUT2D eigenvalue weighted by atomic mass is 9.83. The number of carbonyl (C=O) groups is 2. The van der Waals surface area contributed by atoms with E-state index in [0.717, 1.165) is 42.7 Å². The molecule has 33 heavy (non-hydrogen) atoms. The summed E-state index contributed by atoms with van der Waals surface area (Å²) in [5, 5.41) is 16.7. The van der Waals surface area contributed by atoms with E-state index in [4.69, 9.17) is 0 Å². The van der Waals surface area contributed by atoms with Gasteiger partial charge in [-0.2, -0.15) is 0 Å². The molecule has 1 aliphatic rings. The zero-order valence-electron chi connectivity index (χ0n) is 18.6. The maximum absolute atomic E-state index is 13.2. The molecular formula is C24H28N4O2S3. The fourth-order valence-corrected chi connectivity index (χ4v) is 6.64. The third-order valence-electron chi connectivity index (χ3n) is 5.89. The number of aromatic nitrogens is 2. The van der Waals surface area contributed by atoms with Gasteiger partial charge in [-0.25, -0.2) is 0 Å². The number of hydrogen-bond donors (Lipinski definition) is 2. The molecule has 0 aliphatic heterocycles. The lowest BCUT2D eigenvalue weighted by Gasteiger charge is -2.25. The van der Waals surface area contributed by atoms with Crippen molar-refractivity contribution in [2.45, 2.75) is 61.6 Å². The van der Waals surface area contributed by atoms with Gasteiger partial charge in [0.1, 0.15) is 0 Å². The summed E-state index contributed by atoms with van der Waals surface area (Å²) in [6.07, 6.45) is 7.23. The summed E-state index contributed by atoms with van der Waals surface area (Å²) in [7, 11) is 0. The number of carbonyl (C=O) groups excluding carboxylic acids is 2. The summed E-state index contributed by atoms with van der Waals surface area (Å²) < 4.78 is 0.659. The van der Waals surface area contributed by atoms with E-state index in [1.165, 1.54) is 41.5 Å². The number of hydrogen-bond acceptors (Lipinski definition) is 7. The smallest absolute Gasteiger partial charge is 0.237 e. The average Bonchev–Trinajstić information content (AvgIpc) is 3.59. The fraction of sp³-hybridized carbons (Fsp3) is 0.417. The molecule has 2 aromatic heterocycles. The van der Waals surface area contributed by atoms with Gasteiger partial charge in [0.25, 0.3) is 0 Å². The topological polar surface area (TPSA) is 84.0 Å². The highest BCUT2D eigenvalue weighted by molar-refractivity contribution is 8.01. The van der Waals surface area contributed by atoms with Crippen LogP contribution >= 0.6 is 34.4 Å². The molecule has 174 valence electrons. The van der Waals surface area contributed by atoms with Crippen LogP contribution in [-0.4, -0.2) is 27.8 Å². The van der Waals surface area contributed by atoms with Crippen LogP contribution < -0.4 is 10.6 Å². The molecule has 1 saturated carbocycles. The first-order valence-corrected chi connectivity index (χ1v) is 14.0. The van der Waals surface area contributed by atoms with Crippen molar-refractivity contribution in [1.82, 2.24) is 10.2 Å². The Morgan fingerprint density at radius 2 is 1.88 bits per heavy atom. The number of benzene rings is 1. The second-order valence-electron chi connectivity index (χ2n) is 8.23. The molecule has 1 aromatic carbocycles. The van der Waals surface area contributed by atoms with Crippen LogP contribution in [-0.2, 0) is 21.4 Å². The van der Waals surface area contributed by atoms with Crippen molar-refractivity contribution in [1.29, 1.82) is 0 Å². The van der Waals surface area contributed by atoms with E-state index >= 15 is 0 Å². The van der Waals surface area contributed by atoms with Crippen LogP contribution in [0.25, 0.3) is 0 Å². The number of unbranched alkanes of at least 4 members (excludes halogenated alkanes) is 1. The Kier molecular flexibility index (Phi) is 8.16. The van der Waals surface area contributed by atoms with Gasteiger partial charge < -0.3 is 5.32 Å². The van der Waals surface area contributed by atoms with Crippen LogP contribution in [0.5, 0.6) is 0 Å². The Labute approximate surface area is 206 Å². The molecule has 0 unspecified atom stereocenters. The zero-order chi connectivity index (χ0) is 23.1. The normalized spacial score (nSPS) is 14.8. The zero-order valence-corrected chi connectivity index (χ0v) is 21.1. The van der Waals surface area contributed by atoms with E-state index in [2.05, 4.69) is 39.9 Å². The number of amides is 2. The predicted molar refractivity (Wildman–Crippen MR) is 137 cm³/mol. The van der Waals surface area contributed by atoms with Gasteiger partial charge in [-0.1, -0.05) is 67.5 Å². The number of nitrogens with zero attached hydrogens (tertiary/aromatic N) is 2. The van der Waals surface area contributed by atoms with E-state index < -0.39 is 5.41 Å². The van der Waals surface area contributed by atoms with Crippen molar-refractivity contribution >= 4 is 57.1 Å². The first-order chi connectivity index (χ1) is 16.1. The summed E-state index contributed by atoms with van der Waals surface area (Å²) >= 11 is 4.27. The molecule has 6 nitrogen and oxygen atoms in total. The van der Waals surface area contributed by atoms with Crippen molar-refractivity contribution in [2.24, 2.45) is 0 Å². The van der Waals surface area contributed by atoms with Crippen LogP contribution in [0, 0.1) is 0 Å². The molecule has 1 aliphatic carbocycles. The molecule has 2 heterocycles.